The van der Waals surface area contributed by atoms with Crippen LogP contribution in [0.5, 0.6) is 0 Å². The summed E-state index contributed by atoms with van der Waals surface area (Å²) >= 11 is 13.2. The van der Waals surface area contributed by atoms with E-state index in [9.17, 15) is 4.79 Å². The lowest BCUT2D eigenvalue weighted by atomic mass is 10.2. The highest BCUT2D eigenvalue weighted by Gasteiger charge is 2.10. The summed E-state index contributed by atoms with van der Waals surface area (Å²) in [6.07, 6.45) is 0.301. The molecule has 2 rings (SSSR count). The second-order valence-corrected chi connectivity index (χ2v) is 5.49. The Morgan fingerprint density at radius 2 is 2.22 bits per heavy atom. The van der Waals surface area contributed by atoms with Gasteiger partial charge in [0.2, 0.25) is 5.91 Å². The number of rotatable bonds is 3. The van der Waals surface area contributed by atoms with E-state index in [1.807, 2.05) is 6.92 Å². The minimum Gasteiger partial charge on any atom is -0.324 e. The van der Waals surface area contributed by atoms with Gasteiger partial charge in [0.05, 0.1) is 28.3 Å². The van der Waals surface area contributed by atoms with Crippen molar-refractivity contribution in [3.05, 3.63) is 44.3 Å². The molecule has 2 aromatic rings. The summed E-state index contributed by atoms with van der Waals surface area (Å²) in [5.41, 5.74) is 3.18. The molecule has 0 unspecified atom stereocenters. The van der Waals surface area contributed by atoms with E-state index < -0.39 is 0 Å². The van der Waals surface area contributed by atoms with Gasteiger partial charge in [0.25, 0.3) is 0 Å². The van der Waals surface area contributed by atoms with E-state index in [2.05, 4.69) is 10.3 Å². The number of halogens is 2. The Bertz CT molecular complexity index is 583. The third kappa shape index (κ3) is 3.22. The number of carbonyl (C=O) groups is 1. The molecule has 0 saturated carbocycles. The predicted octanol–water partition coefficient (Wildman–Crippen LogP) is 3.94. The molecule has 18 heavy (non-hydrogen) atoms. The van der Waals surface area contributed by atoms with Gasteiger partial charge in [-0.25, -0.2) is 4.98 Å². The first kappa shape index (κ1) is 13.3. The number of hydrogen-bond donors (Lipinski definition) is 1. The number of nitrogens with one attached hydrogen (secondary N) is 1. The number of hydrogen-bond acceptors (Lipinski definition) is 3. The lowest BCUT2D eigenvalue weighted by Gasteiger charge is -2.07. The summed E-state index contributed by atoms with van der Waals surface area (Å²) in [6, 6.07) is 4.96. The van der Waals surface area contributed by atoms with Crippen LogP contribution >= 0.6 is 34.5 Å². The van der Waals surface area contributed by atoms with Crippen LogP contribution in [0.3, 0.4) is 0 Å². The second-order valence-electron chi connectivity index (χ2n) is 3.71. The molecule has 1 aromatic carbocycles. The predicted molar refractivity (Wildman–Crippen MR) is 75.6 cm³/mol. The fraction of sp³-hybridized carbons (Fsp3) is 0.167. The number of thiazole rings is 1. The Balaban J connectivity index is 2.05. The molecule has 0 atom stereocenters. The zero-order valence-corrected chi connectivity index (χ0v) is 11.9. The van der Waals surface area contributed by atoms with Crippen LogP contribution in [0.15, 0.2) is 23.7 Å². The lowest BCUT2D eigenvalue weighted by Crippen LogP contribution is -2.14. The van der Waals surface area contributed by atoms with Crippen LogP contribution in [-0.4, -0.2) is 10.9 Å². The van der Waals surface area contributed by atoms with Gasteiger partial charge >= 0.3 is 0 Å². The summed E-state index contributed by atoms with van der Waals surface area (Å²) in [4.78, 5) is 16.9. The van der Waals surface area contributed by atoms with Gasteiger partial charge in [0.1, 0.15) is 0 Å². The average molecular weight is 301 g/mol. The van der Waals surface area contributed by atoms with Gasteiger partial charge in [-0.05, 0) is 25.1 Å². The van der Waals surface area contributed by atoms with Gasteiger partial charge in [-0.2, -0.15) is 0 Å². The Kier molecular flexibility index (Phi) is 4.22. The molecule has 3 nitrogen and oxygen atoms in total. The molecule has 1 heterocycles. The van der Waals surface area contributed by atoms with Crippen LogP contribution in [0.25, 0.3) is 0 Å². The molecule has 0 fully saturated rings. The van der Waals surface area contributed by atoms with Crippen molar-refractivity contribution in [3.63, 3.8) is 0 Å². The van der Waals surface area contributed by atoms with Crippen LogP contribution in [0.2, 0.25) is 10.0 Å². The number of benzene rings is 1. The maximum absolute atomic E-state index is 11.8. The summed E-state index contributed by atoms with van der Waals surface area (Å²) in [5.74, 6) is -0.119. The van der Waals surface area contributed by atoms with Gasteiger partial charge in [-0.15, -0.1) is 11.3 Å². The summed E-state index contributed by atoms with van der Waals surface area (Å²) < 4.78 is 0. The molecule has 94 valence electrons. The fourth-order valence-electron chi connectivity index (χ4n) is 1.43. The molecule has 0 aliphatic rings. The zero-order valence-electron chi connectivity index (χ0n) is 9.54. The summed E-state index contributed by atoms with van der Waals surface area (Å²) in [6.45, 7) is 1.88. The molecule has 0 spiro atoms. The first-order valence-electron chi connectivity index (χ1n) is 5.20. The Hall–Kier alpha value is -1.10. The van der Waals surface area contributed by atoms with Crippen molar-refractivity contribution < 1.29 is 4.79 Å². The second kappa shape index (κ2) is 5.69. The van der Waals surface area contributed by atoms with Gasteiger partial charge in [0.15, 0.2) is 0 Å². The average Bonchev–Trinajstić information content (AvgIpc) is 2.69. The SMILES string of the molecule is Cc1ncsc1CC(=O)Nc1ccc(Cl)cc1Cl. The summed E-state index contributed by atoms with van der Waals surface area (Å²) in [7, 11) is 0. The van der Waals surface area contributed by atoms with E-state index in [0.29, 0.717) is 22.2 Å². The first-order chi connectivity index (χ1) is 8.56. The van der Waals surface area contributed by atoms with Gasteiger partial charge < -0.3 is 5.32 Å². The van der Waals surface area contributed by atoms with Crippen LogP contribution in [0.1, 0.15) is 10.6 Å². The third-order valence-electron chi connectivity index (χ3n) is 2.37. The molecule has 0 aliphatic carbocycles. The molecule has 0 saturated heterocycles. The van der Waals surface area contributed by atoms with Crippen LogP contribution in [-0.2, 0) is 11.2 Å². The smallest absolute Gasteiger partial charge is 0.229 e. The van der Waals surface area contributed by atoms with Crippen molar-refractivity contribution in [2.24, 2.45) is 0 Å². The monoisotopic (exact) mass is 300 g/mol. The highest BCUT2D eigenvalue weighted by molar-refractivity contribution is 7.09. The largest absolute Gasteiger partial charge is 0.324 e. The minimum absolute atomic E-state index is 0.119. The highest BCUT2D eigenvalue weighted by atomic mass is 35.5. The quantitative estimate of drug-likeness (QED) is 0.933. The van der Waals surface area contributed by atoms with E-state index in [0.717, 1.165) is 10.6 Å². The van der Waals surface area contributed by atoms with E-state index in [4.69, 9.17) is 23.2 Å². The van der Waals surface area contributed by atoms with Crippen LogP contribution < -0.4 is 5.32 Å². The highest BCUT2D eigenvalue weighted by Crippen LogP contribution is 2.25. The van der Waals surface area contributed by atoms with Crippen LogP contribution in [0, 0.1) is 6.92 Å². The van der Waals surface area contributed by atoms with Crippen molar-refractivity contribution in [3.8, 4) is 0 Å². The van der Waals surface area contributed by atoms with Crippen molar-refractivity contribution in [1.29, 1.82) is 0 Å². The Morgan fingerprint density at radius 1 is 1.44 bits per heavy atom. The molecule has 0 bridgehead atoms. The molecule has 0 aliphatic heterocycles. The van der Waals surface area contributed by atoms with Crippen molar-refractivity contribution in [2.45, 2.75) is 13.3 Å². The van der Waals surface area contributed by atoms with E-state index in [1.54, 1.807) is 23.7 Å². The Morgan fingerprint density at radius 3 is 2.83 bits per heavy atom. The lowest BCUT2D eigenvalue weighted by molar-refractivity contribution is -0.115. The number of carbonyl (C=O) groups excluding carboxylic acids is 1. The molecule has 1 aromatic heterocycles. The van der Waals surface area contributed by atoms with Gasteiger partial charge in [-0.1, -0.05) is 23.2 Å². The molecular weight excluding hydrogens is 291 g/mol. The van der Waals surface area contributed by atoms with Crippen molar-refractivity contribution >= 4 is 46.1 Å². The van der Waals surface area contributed by atoms with E-state index in [1.165, 1.54) is 11.3 Å². The number of nitrogens with zero attached hydrogens (tertiary/aromatic N) is 1. The van der Waals surface area contributed by atoms with E-state index in [-0.39, 0.29) is 5.91 Å². The third-order valence-corrected chi connectivity index (χ3v) is 3.85. The van der Waals surface area contributed by atoms with Crippen LogP contribution in [0.4, 0.5) is 5.69 Å². The maximum atomic E-state index is 11.8. The van der Waals surface area contributed by atoms with E-state index >= 15 is 0 Å². The molecule has 1 amide bonds. The first-order valence-corrected chi connectivity index (χ1v) is 6.83. The van der Waals surface area contributed by atoms with Crippen molar-refractivity contribution in [2.75, 3.05) is 5.32 Å². The zero-order chi connectivity index (χ0) is 13.1. The normalized spacial score (nSPS) is 10.4. The molecule has 0 radical (unpaired) electrons. The maximum Gasteiger partial charge on any atom is 0.229 e. The number of aromatic nitrogens is 1. The summed E-state index contributed by atoms with van der Waals surface area (Å²) in [5, 5.41) is 3.72. The van der Waals surface area contributed by atoms with Gasteiger partial charge in [-0.3, -0.25) is 4.79 Å². The fourth-order valence-corrected chi connectivity index (χ4v) is 2.66. The standard InChI is InChI=1S/C12H10Cl2N2OS/c1-7-11(18-6-15-7)5-12(17)16-10-3-2-8(13)4-9(10)14/h2-4,6H,5H2,1H3,(H,16,17). The van der Waals surface area contributed by atoms with Gasteiger partial charge in [0, 0.05) is 9.90 Å². The topological polar surface area (TPSA) is 42.0 Å². The van der Waals surface area contributed by atoms with Crippen molar-refractivity contribution in [1.82, 2.24) is 4.98 Å². The molecular formula is C12H10Cl2N2OS. The number of aryl methyl sites for hydroxylation is 1. The number of anilines is 1. The molecule has 1 N–H and O–H groups in total. The number of amides is 1. The minimum atomic E-state index is -0.119. The Labute approximate surface area is 119 Å². The molecule has 6 heteroatoms.